The van der Waals surface area contributed by atoms with Gasteiger partial charge in [-0.3, -0.25) is 4.79 Å². The van der Waals surface area contributed by atoms with E-state index in [1.807, 2.05) is 54.6 Å². The molecule has 0 bridgehead atoms. The minimum absolute atomic E-state index is 0.190. The number of hydrogen-bond donors (Lipinski definition) is 1. The summed E-state index contributed by atoms with van der Waals surface area (Å²) >= 11 is 0. The van der Waals surface area contributed by atoms with Crippen molar-refractivity contribution >= 4 is 15.7 Å². The zero-order valence-electron chi connectivity index (χ0n) is 16.2. The highest BCUT2D eigenvalue weighted by molar-refractivity contribution is 7.90. The molecule has 0 heterocycles. The average Bonchev–Trinajstić information content (AvgIpc) is 2.73. The van der Waals surface area contributed by atoms with Crippen LogP contribution in [0.25, 0.3) is 0 Å². The summed E-state index contributed by atoms with van der Waals surface area (Å²) in [6, 6.07) is 23.7. The first-order valence-electron chi connectivity index (χ1n) is 9.20. The van der Waals surface area contributed by atoms with Crippen molar-refractivity contribution in [3.8, 4) is 0 Å². The van der Waals surface area contributed by atoms with Gasteiger partial charge >= 0.3 is 0 Å². The molecule has 3 aromatic carbocycles. The highest BCUT2D eigenvalue weighted by Gasteiger charge is 2.10. The second-order valence-electron chi connectivity index (χ2n) is 6.73. The first-order chi connectivity index (χ1) is 13.9. The average molecular weight is 410 g/mol. The lowest BCUT2D eigenvalue weighted by atomic mass is 10.1. The first-order valence-corrected chi connectivity index (χ1v) is 11.1. The quantitative estimate of drug-likeness (QED) is 0.615. The van der Waals surface area contributed by atoms with Crippen LogP contribution in [0, 0.1) is 0 Å². The number of carbonyl (C=O) groups excluding carboxylic acids is 1. The van der Waals surface area contributed by atoms with Crippen LogP contribution in [0.3, 0.4) is 0 Å². The number of hydrogen-bond acceptors (Lipinski definition) is 4. The zero-order chi connectivity index (χ0) is 20.7. The standard InChI is InChI=1S/C23H23NO4S/c1-29(26,27)22-13-11-19(12-14-22)23(25)24-15-20-9-5-6-10-21(20)17-28-16-18-7-3-2-4-8-18/h2-14H,15-17H2,1H3,(H,24,25). The number of nitrogens with one attached hydrogen (secondary N) is 1. The summed E-state index contributed by atoms with van der Waals surface area (Å²) in [5.41, 5.74) is 3.50. The molecular formula is C23H23NO4S. The van der Waals surface area contributed by atoms with Crippen molar-refractivity contribution in [3.63, 3.8) is 0 Å². The summed E-state index contributed by atoms with van der Waals surface area (Å²) in [5, 5.41) is 2.88. The molecule has 0 radical (unpaired) electrons. The predicted molar refractivity (Wildman–Crippen MR) is 112 cm³/mol. The number of carbonyl (C=O) groups is 1. The number of ether oxygens (including phenoxy) is 1. The Morgan fingerprint density at radius 2 is 1.45 bits per heavy atom. The van der Waals surface area contributed by atoms with Crippen LogP contribution >= 0.6 is 0 Å². The third-order valence-corrected chi connectivity index (χ3v) is 5.60. The number of sulfone groups is 1. The largest absolute Gasteiger partial charge is 0.372 e. The molecule has 0 unspecified atom stereocenters. The fourth-order valence-electron chi connectivity index (χ4n) is 2.85. The minimum Gasteiger partial charge on any atom is -0.372 e. The molecule has 3 rings (SSSR count). The summed E-state index contributed by atoms with van der Waals surface area (Å²) in [5.74, 6) is -0.259. The van der Waals surface area contributed by atoms with Gasteiger partial charge in [-0.1, -0.05) is 54.6 Å². The lowest BCUT2D eigenvalue weighted by molar-refractivity contribution is 0.0947. The molecule has 29 heavy (non-hydrogen) atoms. The Hall–Kier alpha value is -2.96. The van der Waals surface area contributed by atoms with Crippen molar-refractivity contribution in [3.05, 3.63) is 101 Å². The van der Waals surface area contributed by atoms with E-state index < -0.39 is 9.84 Å². The first kappa shape index (κ1) is 20.8. The van der Waals surface area contributed by atoms with Crippen molar-refractivity contribution in [2.75, 3.05) is 6.26 Å². The summed E-state index contributed by atoms with van der Waals surface area (Å²) in [6.07, 6.45) is 1.14. The summed E-state index contributed by atoms with van der Waals surface area (Å²) < 4.78 is 28.9. The summed E-state index contributed by atoms with van der Waals surface area (Å²) in [7, 11) is -3.28. The van der Waals surface area contributed by atoms with E-state index in [9.17, 15) is 13.2 Å². The Bertz CT molecular complexity index is 1060. The highest BCUT2D eigenvalue weighted by Crippen LogP contribution is 2.13. The van der Waals surface area contributed by atoms with Gasteiger partial charge in [0.15, 0.2) is 9.84 Å². The molecule has 0 atom stereocenters. The van der Waals surface area contributed by atoms with Crippen LogP contribution < -0.4 is 5.32 Å². The third-order valence-electron chi connectivity index (χ3n) is 4.47. The van der Waals surface area contributed by atoms with Crippen LogP contribution in [0.4, 0.5) is 0 Å². The second kappa shape index (κ2) is 9.49. The number of amides is 1. The smallest absolute Gasteiger partial charge is 0.251 e. The maximum absolute atomic E-state index is 12.4. The van der Waals surface area contributed by atoms with E-state index in [-0.39, 0.29) is 10.8 Å². The van der Waals surface area contributed by atoms with Crippen LogP contribution in [-0.4, -0.2) is 20.6 Å². The molecule has 0 aliphatic rings. The molecule has 0 spiro atoms. The molecule has 6 heteroatoms. The Balaban J connectivity index is 1.58. The molecule has 0 aromatic heterocycles. The van der Waals surface area contributed by atoms with E-state index in [0.29, 0.717) is 25.3 Å². The Kier molecular flexibility index (Phi) is 6.80. The molecule has 1 N–H and O–H groups in total. The van der Waals surface area contributed by atoms with Gasteiger partial charge in [-0.05, 0) is 41.0 Å². The van der Waals surface area contributed by atoms with Crippen LogP contribution in [0.2, 0.25) is 0 Å². The van der Waals surface area contributed by atoms with Gasteiger partial charge in [-0.25, -0.2) is 8.42 Å². The summed E-state index contributed by atoms with van der Waals surface area (Å²) in [6.45, 7) is 1.33. The van der Waals surface area contributed by atoms with E-state index in [1.54, 1.807) is 0 Å². The van der Waals surface area contributed by atoms with Crippen molar-refractivity contribution in [2.24, 2.45) is 0 Å². The lowest BCUT2D eigenvalue weighted by Gasteiger charge is -2.12. The molecule has 1 amide bonds. The maximum atomic E-state index is 12.4. The highest BCUT2D eigenvalue weighted by atomic mass is 32.2. The Labute approximate surface area is 171 Å². The van der Waals surface area contributed by atoms with Gasteiger partial charge in [0.25, 0.3) is 5.91 Å². The third kappa shape index (κ3) is 6.01. The molecule has 0 aliphatic carbocycles. The molecule has 0 fully saturated rings. The fourth-order valence-corrected chi connectivity index (χ4v) is 3.49. The predicted octanol–water partition coefficient (Wildman–Crippen LogP) is 3.74. The monoisotopic (exact) mass is 409 g/mol. The van der Waals surface area contributed by atoms with Gasteiger partial charge in [0.1, 0.15) is 0 Å². The Morgan fingerprint density at radius 3 is 2.10 bits per heavy atom. The van der Waals surface area contributed by atoms with Crippen LogP contribution in [0.1, 0.15) is 27.0 Å². The van der Waals surface area contributed by atoms with E-state index in [2.05, 4.69) is 5.32 Å². The number of benzene rings is 3. The minimum atomic E-state index is -3.28. The maximum Gasteiger partial charge on any atom is 0.251 e. The molecule has 0 saturated carbocycles. The van der Waals surface area contributed by atoms with E-state index in [4.69, 9.17) is 4.74 Å². The van der Waals surface area contributed by atoms with Gasteiger partial charge in [0.2, 0.25) is 0 Å². The summed E-state index contributed by atoms with van der Waals surface area (Å²) in [4.78, 5) is 12.6. The van der Waals surface area contributed by atoms with Crippen LogP contribution in [0.5, 0.6) is 0 Å². The Morgan fingerprint density at radius 1 is 0.828 bits per heavy atom. The number of rotatable bonds is 8. The SMILES string of the molecule is CS(=O)(=O)c1ccc(C(=O)NCc2ccccc2COCc2ccccc2)cc1. The topological polar surface area (TPSA) is 72.5 Å². The van der Waals surface area contributed by atoms with Crippen molar-refractivity contribution in [1.82, 2.24) is 5.32 Å². The molecule has 5 nitrogen and oxygen atoms in total. The second-order valence-corrected chi connectivity index (χ2v) is 8.74. The van der Waals surface area contributed by atoms with Gasteiger partial charge in [0.05, 0.1) is 18.1 Å². The van der Waals surface area contributed by atoms with Gasteiger partial charge in [-0.2, -0.15) is 0 Å². The van der Waals surface area contributed by atoms with E-state index in [1.165, 1.54) is 24.3 Å². The molecule has 0 saturated heterocycles. The molecule has 0 aliphatic heterocycles. The van der Waals surface area contributed by atoms with Crippen molar-refractivity contribution < 1.29 is 17.9 Å². The van der Waals surface area contributed by atoms with E-state index in [0.717, 1.165) is 22.9 Å². The van der Waals surface area contributed by atoms with Gasteiger partial charge < -0.3 is 10.1 Å². The van der Waals surface area contributed by atoms with Crippen LogP contribution in [0.15, 0.2) is 83.8 Å². The molecule has 150 valence electrons. The lowest BCUT2D eigenvalue weighted by Crippen LogP contribution is -2.23. The molecular weight excluding hydrogens is 386 g/mol. The van der Waals surface area contributed by atoms with E-state index >= 15 is 0 Å². The van der Waals surface area contributed by atoms with Crippen LogP contribution in [-0.2, 0) is 34.3 Å². The fraction of sp³-hybridized carbons (Fsp3) is 0.174. The molecule has 3 aromatic rings. The van der Waals surface area contributed by atoms with Gasteiger partial charge in [0, 0.05) is 18.4 Å². The van der Waals surface area contributed by atoms with Gasteiger partial charge in [-0.15, -0.1) is 0 Å². The zero-order valence-corrected chi connectivity index (χ0v) is 17.0. The van der Waals surface area contributed by atoms with Crippen molar-refractivity contribution in [1.29, 1.82) is 0 Å². The van der Waals surface area contributed by atoms with Crippen molar-refractivity contribution in [2.45, 2.75) is 24.7 Å². The normalized spacial score (nSPS) is 11.2.